The Balaban J connectivity index is 1.22. The molecule has 256 valence electrons. The number of thiophene rings is 1. The normalized spacial score (nSPS) is 14.4. The fourth-order valence-electron chi connectivity index (χ4n) is 9.77. The van der Waals surface area contributed by atoms with E-state index >= 15 is 0 Å². The summed E-state index contributed by atoms with van der Waals surface area (Å²) in [5, 5.41) is 2.62. The van der Waals surface area contributed by atoms with Crippen LogP contribution in [0.15, 0.2) is 188 Å². The zero-order valence-corrected chi connectivity index (χ0v) is 31.1. The topological polar surface area (TPSA) is 3.24 Å². The summed E-state index contributed by atoms with van der Waals surface area (Å²) < 4.78 is 2.61. The van der Waals surface area contributed by atoms with Crippen molar-refractivity contribution in [2.45, 2.75) is 24.7 Å². The van der Waals surface area contributed by atoms with Gasteiger partial charge in [0.25, 0.3) is 0 Å². The number of nitrogens with zero attached hydrogens (tertiary/aromatic N) is 1. The van der Waals surface area contributed by atoms with Crippen LogP contribution in [0.25, 0.3) is 42.4 Å². The monoisotopic (exact) mass is 707 g/mol. The van der Waals surface area contributed by atoms with E-state index in [0.717, 1.165) is 11.4 Å². The molecule has 0 atom stereocenters. The minimum atomic E-state index is -0.479. The molecule has 0 unspecified atom stereocenters. The van der Waals surface area contributed by atoms with E-state index in [9.17, 15) is 0 Å². The molecule has 54 heavy (non-hydrogen) atoms. The molecule has 1 heterocycles. The Morgan fingerprint density at radius 1 is 0.407 bits per heavy atom. The highest BCUT2D eigenvalue weighted by Crippen LogP contribution is 2.60. The van der Waals surface area contributed by atoms with E-state index in [4.69, 9.17) is 0 Å². The fourth-order valence-corrected chi connectivity index (χ4v) is 10.9. The minimum Gasteiger partial charge on any atom is -0.310 e. The van der Waals surface area contributed by atoms with Crippen molar-refractivity contribution in [2.24, 2.45) is 0 Å². The third kappa shape index (κ3) is 4.26. The van der Waals surface area contributed by atoms with E-state index < -0.39 is 5.41 Å². The van der Waals surface area contributed by atoms with Gasteiger partial charge < -0.3 is 4.90 Å². The van der Waals surface area contributed by atoms with Gasteiger partial charge in [-0.3, -0.25) is 0 Å². The summed E-state index contributed by atoms with van der Waals surface area (Å²) in [5.41, 5.74) is 16.0. The van der Waals surface area contributed by atoms with Crippen molar-refractivity contribution < 1.29 is 0 Å². The van der Waals surface area contributed by atoms with Crippen molar-refractivity contribution in [2.75, 3.05) is 4.90 Å². The van der Waals surface area contributed by atoms with Gasteiger partial charge in [0.2, 0.25) is 0 Å². The van der Waals surface area contributed by atoms with Crippen LogP contribution in [0.2, 0.25) is 0 Å². The molecular formula is C52H37NS. The van der Waals surface area contributed by atoms with Crippen molar-refractivity contribution >= 4 is 48.6 Å². The Kier molecular flexibility index (Phi) is 6.75. The summed E-state index contributed by atoms with van der Waals surface area (Å²) >= 11 is 1.88. The second kappa shape index (κ2) is 11.6. The maximum Gasteiger partial charge on any atom is 0.0714 e. The first-order valence-corrected chi connectivity index (χ1v) is 19.7. The van der Waals surface area contributed by atoms with E-state index in [1.165, 1.54) is 81.5 Å². The molecule has 9 aromatic rings. The van der Waals surface area contributed by atoms with Gasteiger partial charge in [0.15, 0.2) is 0 Å². The Bertz CT molecular complexity index is 2880. The van der Waals surface area contributed by atoms with Crippen LogP contribution in [0.3, 0.4) is 0 Å². The molecule has 0 N–H and O–H groups in total. The third-order valence-electron chi connectivity index (χ3n) is 12.1. The second-order valence-corrected chi connectivity index (χ2v) is 16.3. The molecule has 0 fully saturated rings. The molecule has 11 rings (SSSR count). The third-order valence-corrected chi connectivity index (χ3v) is 13.3. The van der Waals surface area contributed by atoms with E-state index in [1.807, 2.05) is 11.3 Å². The lowest BCUT2D eigenvalue weighted by Gasteiger charge is -2.34. The molecule has 8 aromatic carbocycles. The molecule has 2 heteroatoms. The molecule has 1 aromatic heterocycles. The molecule has 0 bridgehead atoms. The van der Waals surface area contributed by atoms with Crippen molar-refractivity contribution in [3.8, 4) is 22.3 Å². The fraction of sp³-hybridized carbons (Fsp3) is 0.0769. The number of benzene rings is 8. The predicted octanol–water partition coefficient (Wildman–Crippen LogP) is 14.2. The first-order chi connectivity index (χ1) is 26.5. The van der Waals surface area contributed by atoms with Gasteiger partial charge >= 0.3 is 0 Å². The Hall–Kier alpha value is -6.22. The maximum atomic E-state index is 2.53. The van der Waals surface area contributed by atoms with E-state index in [0.29, 0.717) is 0 Å². The van der Waals surface area contributed by atoms with Gasteiger partial charge in [-0.2, -0.15) is 0 Å². The highest BCUT2D eigenvalue weighted by atomic mass is 32.1. The van der Waals surface area contributed by atoms with Gasteiger partial charge in [0, 0.05) is 42.5 Å². The second-order valence-electron chi connectivity index (χ2n) is 15.2. The van der Waals surface area contributed by atoms with E-state index in [1.54, 1.807) is 0 Å². The quantitative estimate of drug-likeness (QED) is 0.172. The smallest absolute Gasteiger partial charge is 0.0714 e. The zero-order valence-electron chi connectivity index (χ0n) is 30.3. The molecular weight excluding hydrogens is 671 g/mol. The van der Waals surface area contributed by atoms with Crippen LogP contribution < -0.4 is 4.90 Å². The predicted molar refractivity (Wildman–Crippen MR) is 229 cm³/mol. The Labute approximate surface area is 320 Å². The molecule has 0 radical (unpaired) electrons. The summed E-state index contributed by atoms with van der Waals surface area (Å²) in [6, 6.07) is 70.2. The average Bonchev–Trinajstić information content (AvgIpc) is 3.83. The van der Waals surface area contributed by atoms with Crippen LogP contribution >= 0.6 is 11.3 Å². The number of hydrogen-bond donors (Lipinski definition) is 0. The number of fused-ring (bicyclic) bond motifs is 9. The summed E-state index contributed by atoms with van der Waals surface area (Å²) in [6.45, 7) is 4.75. The lowest BCUT2D eigenvalue weighted by atomic mass is 9.68. The Morgan fingerprint density at radius 2 is 0.981 bits per heavy atom. The summed E-state index contributed by atoms with van der Waals surface area (Å²) in [4.78, 5) is 2.53. The molecule has 0 saturated carbocycles. The zero-order chi connectivity index (χ0) is 36.0. The van der Waals surface area contributed by atoms with Crippen LogP contribution in [0.4, 0.5) is 17.1 Å². The van der Waals surface area contributed by atoms with Crippen LogP contribution in [0.5, 0.6) is 0 Å². The van der Waals surface area contributed by atoms with Crippen molar-refractivity contribution in [3.63, 3.8) is 0 Å². The number of hydrogen-bond acceptors (Lipinski definition) is 2. The molecule has 2 aliphatic carbocycles. The highest BCUT2D eigenvalue weighted by Gasteiger charge is 2.47. The van der Waals surface area contributed by atoms with Crippen LogP contribution in [0, 0.1) is 0 Å². The maximum absolute atomic E-state index is 2.53. The molecule has 0 aliphatic heterocycles. The molecule has 0 amide bonds. The van der Waals surface area contributed by atoms with Crippen LogP contribution in [-0.4, -0.2) is 0 Å². The van der Waals surface area contributed by atoms with Crippen molar-refractivity contribution in [1.29, 1.82) is 0 Å². The molecule has 0 spiro atoms. The van der Waals surface area contributed by atoms with E-state index in [-0.39, 0.29) is 5.41 Å². The number of rotatable bonds is 5. The van der Waals surface area contributed by atoms with Gasteiger partial charge in [-0.15, -0.1) is 11.3 Å². The minimum absolute atomic E-state index is 0.121. The molecule has 2 aliphatic rings. The van der Waals surface area contributed by atoms with Crippen molar-refractivity contribution in [1.82, 2.24) is 0 Å². The van der Waals surface area contributed by atoms with Crippen LogP contribution in [-0.2, 0) is 10.8 Å². The first-order valence-electron chi connectivity index (χ1n) is 18.9. The van der Waals surface area contributed by atoms with E-state index in [2.05, 4.69) is 207 Å². The lowest BCUT2D eigenvalue weighted by Crippen LogP contribution is -2.28. The lowest BCUT2D eigenvalue weighted by molar-refractivity contribution is 0.660. The van der Waals surface area contributed by atoms with Gasteiger partial charge in [-0.1, -0.05) is 166 Å². The summed E-state index contributed by atoms with van der Waals surface area (Å²) in [5.74, 6) is 0. The van der Waals surface area contributed by atoms with Crippen molar-refractivity contribution in [3.05, 3.63) is 221 Å². The van der Waals surface area contributed by atoms with Gasteiger partial charge in [-0.05, 0) is 86.5 Å². The summed E-state index contributed by atoms with van der Waals surface area (Å²) in [7, 11) is 0. The standard InChI is InChI=1S/C52H37NS/c1-51(2)43-23-12-9-20-38(43)39-30-28-36(32-46(39)51)53(37-29-31-41-40-21-11-14-27-48(40)54-49(41)33-37)47-26-15-25-45-50(47)42-22-10-13-24-44(42)52(45,34-16-5-3-6-17-34)35-18-7-4-8-19-35/h3-33H,1-2H3. The van der Waals surface area contributed by atoms with Crippen LogP contribution in [0.1, 0.15) is 47.2 Å². The number of anilines is 3. The highest BCUT2D eigenvalue weighted by molar-refractivity contribution is 7.25. The van der Waals surface area contributed by atoms with Gasteiger partial charge in [-0.25, -0.2) is 0 Å². The largest absolute Gasteiger partial charge is 0.310 e. The summed E-state index contributed by atoms with van der Waals surface area (Å²) in [6.07, 6.45) is 0. The van der Waals surface area contributed by atoms with Gasteiger partial charge in [0.05, 0.1) is 11.1 Å². The average molecular weight is 708 g/mol. The molecule has 0 saturated heterocycles. The van der Waals surface area contributed by atoms with Gasteiger partial charge in [0.1, 0.15) is 0 Å². The molecule has 1 nitrogen and oxygen atoms in total. The Morgan fingerprint density at radius 3 is 1.76 bits per heavy atom. The first kappa shape index (κ1) is 31.3. The SMILES string of the molecule is CC1(C)c2ccccc2-c2ccc(N(c3ccc4c(c3)sc3ccccc34)c3cccc4c3-c3ccccc3C4(c3ccccc3)c3ccccc3)cc21.